The summed E-state index contributed by atoms with van der Waals surface area (Å²) in [6.45, 7) is 9.57. The number of nitrogens with two attached hydrogens (primary N) is 1. The standard InChI is InChI=1S/C13H26N4O2S.ClH/c1-11(2)6-17-7-12(15-10-17)20(18,19)16(5)9-13(3,4)8-14;/h7,10-11H,6,8-9,14H2,1-5H3;1H. The second-order valence-electron chi connectivity index (χ2n) is 6.43. The van der Waals surface area contributed by atoms with Gasteiger partial charge in [-0.25, -0.2) is 13.4 Å². The summed E-state index contributed by atoms with van der Waals surface area (Å²) in [6.07, 6.45) is 3.15. The minimum atomic E-state index is -3.55. The van der Waals surface area contributed by atoms with Crippen LogP contribution in [0.15, 0.2) is 17.6 Å². The van der Waals surface area contributed by atoms with Gasteiger partial charge in [-0.2, -0.15) is 4.31 Å². The maximum absolute atomic E-state index is 12.4. The first-order valence-electron chi connectivity index (χ1n) is 6.76. The van der Waals surface area contributed by atoms with E-state index >= 15 is 0 Å². The van der Waals surface area contributed by atoms with Crippen LogP contribution in [-0.4, -0.2) is 42.4 Å². The Kier molecular flexibility index (Phi) is 7.35. The first-order valence-corrected chi connectivity index (χ1v) is 8.20. The monoisotopic (exact) mass is 338 g/mol. The van der Waals surface area contributed by atoms with Crippen LogP contribution in [0.2, 0.25) is 0 Å². The summed E-state index contributed by atoms with van der Waals surface area (Å²) >= 11 is 0. The van der Waals surface area contributed by atoms with Gasteiger partial charge in [-0.15, -0.1) is 12.4 Å². The molecule has 0 saturated heterocycles. The van der Waals surface area contributed by atoms with Gasteiger partial charge in [0.05, 0.1) is 6.33 Å². The average Bonchev–Trinajstić information content (AvgIpc) is 2.76. The largest absolute Gasteiger partial charge is 0.336 e. The number of rotatable bonds is 7. The van der Waals surface area contributed by atoms with E-state index in [-0.39, 0.29) is 22.8 Å². The third-order valence-corrected chi connectivity index (χ3v) is 4.75. The van der Waals surface area contributed by atoms with Crippen molar-refractivity contribution in [1.29, 1.82) is 0 Å². The molecular formula is C13H27ClN4O2S. The molecule has 0 unspecified atom stereocenters. The van der Waals surface area contributed by atoms with Crippen LogP contribution in [0.3, 0.4) is 0 Å². The van der Waals surface area contributed by atoms with E-state index in [4.69, 9.17) is 5.73 Å². The lowest BCUT2D eigenvalue weighted by Crippen LogP contribution is -2.39. The van der Waals surface area contributed by atoms with Crippen LogP contribution in [-0.2, 0) is 16.6 Å². The molecule has 0 radical (unpaired) electrons. The van der Waals surface area contributed by atoms with Crippen LogP contribution in [0, 0.1) is 11.3 Å². The molecule has 21 heavy (non-hydrogen) atoms. The first-order chi connectivity index (χ1) is 9.08. The van der Waals surface area contributed by atoms with Crippen LogP contribution < -0.4 is 5.73 Å². The van der Waals surface area contributed by atoms with Crippen molar-refractivity contribution in [2.45, 2.75) is 39.3 Å². The Bertz CT molecular complexity index is 540. The molecular weight excluding hydrogens is 312 g/mol. The Labute approximate surface area is 134 Å². The molecule has 0 spiro atoms. The van der Waals surface area contributed by atoms with Gasteiger partial charge in [0.1, 0.15) is 0 Å². The molecule has 2 N–H and O–H groups in total. The van der Waals surface area contributed by atoms with Crippen LogP contribution in [0.1, 0.15) is 27.7 Å². The molecule has 124 valence electrons. The normalized spacial score (nSPS) is 12.8. The van der Waals surface area contributed by atoms with Crippen LogP contribution in [0.4, 0.5) is 0 Å². The van der Waals surface area contributed by atoms with Crippen molar-refractivity contribution in [2.24, 2.45) is 17.1 Å². The summed E-state index contributed by atoms with van der Waals surface area (Å²) in [6, 6.07) is 0. The van der Waals surface area contributed by atoms with E-state index < -0.39 is 10.0 Å². The molecule has 0 aliphatic heterocycles. The van der Waals surface area contributed by atoms with E-state index in [0.717, 1.165) is 6.54 Å². The number of imidazole rings is 1. The highest BCUT2D eigenvalue weighted by molar-refractivity contribution is 7.89. The fraction of sp³-hybridized carbons (Fsp3) is 0.769. The van der Waals surface area contributed by atoms with Crippen molar-refractivity contribution in [3.05, 3.63) is 12.5 Å². The third-order valence-electron chi connectivity index (χ3n) is 3.06. The fourth-order valence-electron chi connectivity index (χ4n) is 1.91. The summed E-state index contributed by atoms with van der Waals surface area (Å²) in [7, 11) is -1.99. The maximum Gasteiger partial charge on any atom is 0.261 e. The minimum absolute atomic E-state index is 0. The Morgan fingerprint density at radius 3 is 2.48 bits per heavy atom. The van der Waals surface area contributed by atoms with Gasteiger partial charge in [0.15, 0.2) is 5.03 Å². The molecule has 0 aliphatic rings. The second kappa shape index (κ2) is 7.58. The highest BCUT2D eigenvalue weighted by atomic mass is 35.5. The van der Waals surface area contributed by atoms with Gasteiger partial charge in [-0.05, 0) is 17.9 Å². The minimum Gasteiger partial charge on any atom is -0.336 e. The average molecular weight is 339 g/mol. The van der Waals surface area contributed by atoms with E-state index in [1.165, 1.54) is 4.31 Å². The summed E-state index contributed by atoms with van der Waals surface area (Å²) in [5.41, 5.74) is 5.39. The molecule has 8 heteroatoms. The summed E-state index contributed by atoms with van der Waals surface area (Å²) in [4.78, 5) is 4.02. The molecule has 0 atom stereocenters. The lowest BCUT2D eigenvalue weighted by atomic mass is 9.94. The maximum atomic E-state index is 12.4. The smallest absolute Gasteiger partial charge is 0.261 e. The molecule has 1 heterocycles. The van der Waals surface area contributed by atoms with Gasteiger partial charge in [0, 0.05) is 26.3 Å². The van der Waals surface area contributed by atoms with Gasteiger partial charge in [-0.3, -0.25) is 0 Å². The molecule has 1 rings (SSSR count). The van der Waals surface area contributed by atoms with Crippen LogP contribution in [0.5, 0.6) is 0 Å². The Hall–Kier alpha value is -0.630. The van der Waals surface area contributed by atoms with Gasteiger partial charge in [-0.1, -0.05) is 27.7 Å². The topological polar surface area (TPSA) is 81.2 Å². The quantitative estimate of drug-likeness (QED) is 0.818. The highest BCUT2D eigenvalue weighted by Crippen LogP contribution is 2.19. The number of halogens is 1. The molecule has 0 amide bonds. The Morgan fingerprint density at radius 1 is 1.43 bits per heavy atom. The van der Waals surface area contributed by atoms with Crippen LogP contribution in [0.25, 0.3) is 0 Å². The van der Waals surface area contributed by atoms with E-state index in [2.05, 4.69) is 18.8 Å². The Morgan fingerprint density at radius 2 is 2.00 bits per heavy atom. The number of nitrogens with zero attached hydrogens (tertiary/aromatic N) is 3. The second-order valence-corrected chi connectivity index (χ2v) is 8.42. The lowest BCUT2D eigenvalue weighted by molar-refractivity contribution is 0.291. The van der Waals surface area contributed by atoms with Crippen molar-refractivity contribution >= 4 is 22.4 Å². The number of aromatic nitrogens is 2. The van der Waals surface area contributed by atoms with E-state index in [9.17, 15) is 8.42 Å². The predicted molar refractivity (Wildman–Crippen MR) is 87.0 cm³/mol. The van der Waals surface area contributed by atoms with E-state index in [1.54, 1.807) is 24.1 Å². The molecule has 0 saturated carbocycles. The first kappa shape index (κ1) is 20.4. The number of sulfonamides is 1. The van der Waals surface area contributed by atoms with Gasteiger partial charge in [0.2, 0.25) is 0 Å². The van der Waals surface area contributed by atoms with Crippen LogP contribution >= 0.6 is 12.4 Å². The zero-order chi connectivity index (χ0) is 15.6. The summed E-state index contributed by atoms with van der Waals surface area (Å²) < 4.78 is 28.0. The van der Waals surface area contributed by atoms with Gasteiger partial charge in [0.25, 0.3) is 10.0 Å². The SMILES string of the molecule is CC(C)Cn1cnc(S(=O)(=O)N(C)CC(C)(C)CN)c1.Cl. The van der Waals surface area contributed by atoms with Crippen molar-refractivity contribution in [1.82, 2.24) is 13.9 Å². The third kappa shape index (κ3) is 5.58. The van der Waals surface area contributed by atoms with Crippen molar-refractivity contribution in [2.75, 3.05) is 20.1 Å². The zero-order valence-electron chi connectivity index (χ0n) is 13.4. The molecule has 6 nitrogen and oxygen atoms in total. The molecule has 0 fully saturated rings. The molecule has 0 bridgehead atoms. The molecule has 1 aromatic rings. The van der Waals surface area contributed by atoms with Gasteiger partial charge < -0.3 is 10.3 Å². The zero-order valence-corrected chi connectivity index (χ0v) is 15.0. The number of hydrogen-bond donors (Lipinski definition) is 1. The van der Waals surface area contributed by atoms with Crippen molar-refractivity contribution in [3.8, 4) is 0 Å². The highest BCUT2D eigenvalue weighted by Gasteiger charge is 2.28. The van der Waals surface area contributed by atoms with Crippen molar-refractivity contribution < 1.29 is 8.42 Å². The van der Waals surface area contributed by atoms with Crippen molar-refractivity contribution in [3.63, 3.8) is 0 Å². The van der Waals surface area contributed by atoms with E-state index in [1.807, 2.05) is 13.8 Å². The van der Waals surface area contributed by atoms with Gasteiger partial charge >= 0.3 is 0 Å². The lowest BCUT2D eigenvalue weighted by Gasteiger charge is -2.27. The predicted octanol–water partition coefficient (Wildman–Crippen LogP) is 1.57. The van der Waals surface area contributed by atoms with E-state index in [0.29, 0.717) is 19.0 Å². The fourth-order valence-corrected chi connectivity index (χ4v) is 3.19. The molecule has 0 aliphatic carbocycles. The summed E-state index contributed by atoms with van der Waals surface area (Å²) in [5.74, 6) is 0.439. The number of hydrogen-bond acceptors (Lipinski definition) is 4. The molecule has 0 aromatic carbocycles. The molecule has 1 aromatic heterocycles. The summed E-state index contributed by atoms with van der Waals surface area (Å²) in [5, 5.41) is 0.0912. The Balaban J connectivity index is 0.00000400.